The average molecular weight is 413 g/mol. The zero-order chi connectivity index (χ0) is 22.1. The number of amides is 3. The van der Waals surface area contributed by atoms with Crippen molar-refractivity contribution in [1.82, 2.24) is 10.2 Å². The first-order valence-corrected chi connectivity index (χ1v) is 9.47. The van der Waals surface area contributed by atoms with Gasteiger partial charge in [-0.15, -0.1) is 0 Å². The SMILES string of the molecule is COc1ccc(C(=O)NCCCC(=O)Nc2cc(C(=O)N(C)C)ccc2OC)cc1. The lowest BCUT2D eigenvalue weighted by Gasteiger charge is -2.14. The summed E-state index contributed by atoms with van der Waals surface area (Å²) in [5, 5.41) is 5.55. The molecular formula is C22H27N3O5. The second kappa shape index (κ2) is 10.8. The second-order valence-electron chi connectivity index (χ2n) is 6.75. The summed E-state index contributed by atoms with van der Waals surface area (Å²) in [4.78, 5) is 38.0. The first-order chi connectivity index (χ1) is 14.3. The number of carbonyl (C=O) groups is 3. The van der Waals surface area contributed by atoms with Crippen LogP contribution < -0.4 is 20.1 Å². The smallest absolute Gasteiger partial charge is 0.253 e. The lowest BCUT2D eigenvalue weighted by Crippen LogP contribution is -2.25. The van der Waals surface area contributed by atoms with E-state index < -0.39 is 0 Å². The summed E-state index contributed by atoms with van der Waals surface area (Å²) < 4.78 is 10.3. The normalized spacial score (nSPS) is 10.1. The van der Waals surface area contributed by atoms with Crippen LogP contribution in [0.2, 0.25) is 0 Å². The van der Waals surface area contributed by atoms with Crippen LogP contribution in [0, 0.1) is 0 Å². The Morgan fingerprint density at radius 3 is 2.20 bits per heavy atom. The Hall–Kier alpha value is -3.55. The fourth-order valence-electron chi connectivity index (χ4n) is 2.70. The maximum Gasteiger partial charge on any atom is 0.253 e. The number of ether oxygens (including phenoxy) is 2. The van der Waals surface area contributed by atoms with E-state index in [0.29, 0.717) is 41.3 Å². The highest BCUT2D eigenvalue weighted by Crippen LogP contribution is 2.26. The highest BCUT2D eigenvalue weighted by atomic mass is 16.5. The van der Waals surface area contributed by atoms with E-state index in [-0.39, 0.29) is 24.1 Å². The Morgan fingerprint density at radius 1 is 0.933 bits per heavy atom. The monoisotopic (exact) mass is 413 g/mol. The largest absolute Gasteiger partial charge is 0.497 e. The van der Waals surface area contributed by atoms with E-state index in [2.05, 4.69) is 10.6 Å². The fraction of sp³-hybridized carbons (Fsp3) is 0.318. The third kappa shape index (κ3) is 6.23. The summed E-state index contributed by atoms with van der Waals surface area (Å²) in [6.45, 7) is 0.356. The number of hydrogen-bond acceptors (Lipinski definition) is 5. The molecule has 2 rings (SSSR count). The van der Waals surface area contributed by atoms with E-state index in [4.69, 9.17) is 9.47 Å². The van der Waals surface area contributed by atoms with Crippen LogP contribution in [-0.2, 0) is 4.79 Å². The Balaban J connectivity index is 1.86. The van der Waals surface area contributed by atoms with Crippen molar-refractivity contribution < 1.29 is 23.9 Å². The molecule has 0 unspecified atom stereocenters. The summed E-state index contributed by atoms with van der Waals surface area (Å²) in [6.07, 6.45) is 0.671. The molecule has 160 valence electrons. The van der Waals surface area contributed by atoms with E-state index in [0.717, 1.165) is 0 Å². The van der Waals surface area contributed by atoms with Gasteiger partial charge in [0.15, 0.2) is 0 Å². The lowest BCUT2D eigenvalue weighted by atomic mass is 10.1. The van der Waals surface area contributed by atoms with Gasteiger partial charge in [-0.05, 0) is 48.9 Å². The van der Waals surface area contributed by atoms with Gasteiger partial charge in [-0.3, -0.25) is 14.4 Å². The number of anilines is 1. The van der Waals surface area contributed by atoms with Crippen LogP contribution in [0.3, 0.4) is 0 Å². The van der Waals surface area contributed by atoms with Crippen LogP contribution >= 0.6 is 0 Å². The molecule has 0 aliphatic heterocycles. The molecule has 0 saturated carbocycles. The Bertz CT molecular complexity index is 894. The zero-order valence-corrected chi connectivity index (χ0v) is 17.7. The highest BCUT2D eigenvalue weighted by Gasteiger charge is 2.14. The van der Waals surface area contributed by atoms with Crippen LogP contribution in [0.1, 0.15) is 33.6 Å². The minimum Gasteiger partial charge on any atom is -0.497 e. The molecule has 8 nitrogen and oxygen atoms in total. The van der Waals surface area contributed by atoms with Gasteiger partial charge in [0.2, 0.25) is 5.91 Å². The molecule has 8 heteroatoms. The fourth-order valence-corrected chi connectivity index (χ4v) is 2.70. The molecule has 2 aromatic carbocycles. The van der Waals surface area contributed by atoms with Crippen LogP contribution in [-0.4, -0.2) is 57.5 Å². The molecule has 2 N–H and O–H groups in total. The quantitative estimate of drug-likeness (QED) is 0.616. The molecule has 0 saturated heterocycles. The predicted octanol–water partition coefficient (Wildman–Crippen LogP) is 2.55. The van der Waals surface area contributed by atoms with Crippen molar-refractivity contribution in [3.8, 4) is 11.5 Å². The standard InChI is InChI=1S/C22H27N3O5/c1-25(2)22(28)16-9-12-19(30-4)18(14-16)24-20(26)6-5-13-23-21(27)15-7-10-17(29-3)11-8-15/h7-12,14H,5-6,13H2,1-4H3,(H,23,27)(H,24,26). The van der Waals surface area contributed by atoms with E-state index in [1.54, 1.807) is 63.7 Å². The predicted molar refractivity (Wildman–Crippen MR) is 114 cm³/mol. The summed E-state index contributed by atoms with van der Waals surface area (Å²) in [7, 11) is 6.37. The lowest BCUT2D eigenvalue weighted by molar-refractivity contribution is -0.116. The number of methoxy groups -OCH3 is 2. The highest BCUT2D eigenvalue weighted by molar-refractivity contribution is 5.98. The van der Waals surface area contributed by atoms with Gasteiger partial charge in [-0.2, -0.15) is 0 Å². The third-order valence-corrected chi connectivity index (χ3v) is 4.35. The minimum absolute atomic E-state index is 0.172. The first-order valence-electron chi connectivity index (χ1n) is 9.47. The topological polar surface area (TPSA) is 97.0 Å². The van der Waals surface area contributed by atoms with Crippen LogP contribution in [0.25, 0.3) is 0 Å². The van der Waals surface area contributed by atoms with Crippen molar-refractivity contribution in [2.45, 2.75) is 12.8 Å². The minimum atomic E-state index is -0.235. The van der Waals surface area contributed by atoms with E-state index >= 15 is 0 Å². The number of nitrogens with one attached hydrogen (secondary N) is 2. The zero-order valence-electron chi connectivity index (χ0n) is 17.7. The number of carbonyl (C=O) groups excluding carboxylic acids is 3. The van der Waals surface area contributed by atoms with Gasteiger partial charge in [0.25, 0.3) is 11.8 Å². The molecular weight excluding hydrogens is 386 g/mol. The Kier molecular flexibility index (Phi) is 8.22. The maximum absolute atomic E-state index is 12.3. The van der Waals surface area contributed by atoms with Crippen molar-refractivity contribution in [3.05, 3.63) is 53.6 Å². The molecule has 0 bridgehead atoms. The second-order valence-corrected chi connectivity index (χ2v) is 6.75. The van der Waals surface area contributed by atoms with Crippen molar-refractivity contribution in [2.75, 3.05) is 40.2 Å². The molecule has 0 aliphatic carbocycles. The summed E-state index contributed by atoms with van der Waals surface area (Å²) >= 11 is 0. The van der Waals surface area contributed by atoms with Gasteiger partial charge >= 0.3 is 0 Å². The van der Waals surface area contributed by atoms with Gasteiger partial charge in [-0.1, -0.05) is 0 Å². The molecule has 0 heterocycles. The van der Waals surface area contributed by atoms with E-state index in [1.165, 1.54) is 12.0 Å². The number of benzene rings is 2. The Morgan fingerprint density at radius 2 is 1.60 bits per heavy atom. The first kappa shape index (κ1) is 22.7. The number of hydrogen-bond donors (Lipinski definition) is 2. The molecule has 3 amide bonds. The van der Waals surface area contributed by atoms with E-state index in [1.807, 2.05) is 0 Å². The van der Waals surface area contributed by atoms with Gasteiger partial charge in [0, 0.05) is 38.2 Å². The van der Waals surface area contributed by atoms with Gasteiger partial charge in [-0.25, -0.2) is 0 Å². The molecule has 0 fully saturated rings. The van der Waals surface area contributed by atoms with Crippen molar-refractivity contribution >= 4 is 23.4 Å². The molecule has 0 spiro atoms. The van der Waals surface area contributed by atoms with Crippen LogP contribution in [0.5, 0.6) is 11.5 Å². The number of rotatable bonds is 9. The average Bonchev–Trinajstić information content (AvgIpc) is 2.75. The molecule has 30 heavy (non-hydrogen) atoms. The van der Waals surface area contributed by atoms with Gasteiger partial charge in [0.1, 0.15) is 11.5 Å². The van der Waals surface area contributed by atoms with Gasteiger partial charge in [0.05, 0.1) is 19.9 Å². The Labute approximate surface area is 176 Å². The van der Waals surface area contributed by atoms with E-state index in [9.17, 15) is 14.4 Å². The summed E-state index contributed by atoms with van der Waals surface area (Å²) in [6, 6.07) is 11.7. The maximum atomic E-state index is 12.3. The summed E-state index contributed by atoms with van der Waals surface area (Å²) in [5.41, 5.74) is 1.40. The van der Waals surface area contributed by atoms with Gasteiger partial charge < -0.3 is 25.0 Å². The van der Waals surface area contributed by atoms with Crippen LogP contribution in [0.4, 0.5) is 5.69 Å². The molecule has 0 radical (unpaired) electrons. The summed E-state index contributed by atoms with van der Waals surface area (Å²) in [5.74, 6) is 0.520. The van der Waals surface area contributed by atoms with Crippen molar-refractivity contribution in [1.29, 1.82) is 0 Å². The van der Waals surface area contributed by atoms with Crippen LogP contribution in [0.15, 0.2) is 42.5 Å². The molecule has 0 aliphatic rings. The number of nitrogens with zero attached hydrogens (tertiary/aromatic N) is 1. The van der Waals surface area contributed by atoms with Crippen molar-refractivity contribution in [3.63, 3.8) is 0 Å². The molecule has 0 atom stereocenters. The third-order valence-electron chi connectivity index (χ3n) is 4.35. The molecule has 2 aromatic rings. The molecule has 0 aromatic heterocycles. The van der Waals surface area contributed by atoms with Crippen molar-refractivity contribution in [2.24, 2.45) is 0 Å².